The number of rotatable bonds is 9. The highest BCUT2D eigenvalue weighted by Crippen LogP contribution is 2.32. The number of Topliss-reactive ketones (excluding diaryl/α,β-unsaturated/α-hetero) is 1. The summed E-state index contributed by atoms with van der Waals surface area (Å²) in [6.45, 7) is 8.31. The van der Waals surface area contributed by atoms with Gasteiger partial charge in [-0.3, -0.25) is 14.5 Å². The van der Waals surface area contributed by atoms with Gasteiger partial charge in [0.15, 0.2) is 5.65 Å². The van der Waals surface area contributed by atoms with E-state index in [1.807, 2.05) is 37.5 Å². The number of ketones is 1. The van der Waals surface area contributed by atoms with E-state index < -0.39 is 6.10 Å². The zero-order chi connectivity index (χ0) is 29.3. The number of aromatic amines is 1. The molecule has 8 heteroatoms. The number of hydrogen-bond acceptors (Lipinski definition) is 6. The summed E-state index contributed by atoms with van der Waals surface area (Å²) in [6.07, 6.45) is 5.75. The Morgan fingerprint density at radius 3 is 2.61 bits per heavy atom. The number of aryl methyl sites for hydroxylation is 2. The van der Waals surface area contributed by atoms with E-state index in [0.717, 1.165) is 65.2 Å². The second-order valence-corrected chi connectivity index (χ2v) is 11.5. The molecule has 0 radical (unpaired) electrons. The number of carbonyl (C=O) groups excluding carboxylic acids is 2. The van der Waals surface area contributed by atoms with Gasteiger partial charge in [0.05, 0.1) is 18.0 Å². The summed E-state index contributed by atoms with van der Waals surface area (Å²) in [5.41, 5.74) is 10.8. The summed E-state index contributed by atoms with van der Waals surface area (Å²) in [5, 5.41) is 9.46. The Kier molecular flexibility index (Phi) is 8.33. The van der Waals surface area contributed by atoms with Crippen LogP contribution < -0.4 is 0 Å². The molecular formula is C33H39N5O3. The van der Waals surface area contributed by atoms with Crippen LogP contribution in [0.3, 0.4) is 0 Å². The molecular weight excluding hydrogens is 514 g/mol. The molecule has 0 bridgehead atoms. The van der Waals surface area contributed by atoms with Crippen molar-refractivity contribution < 1.29 is 14.7 Å². The summed E-state index contributed by atoms with van der Waals surface area (Å²) in [6, 6.07) is 10.3. The predicted molar refractivity (Wildman–Crippen MR) is 162 cm³/mol. The van der Waals surface area contributed by atoms with Crippen molar-refractivity contribution in [3.8, 4) is 22.4 Å². The van der Waals surface area contributed by atoms with E-state index >= 15 is 0 Å². The first kappa shape index (κ1) is 28.6. The number of carbonyl (C=O) groups is 2. The van der Waals surface area contributed by atoms with E-state index in [2.05, 4.69) is 33.9 Å². The summed E-state index contributed by atoms with van der Waals surface area (Å²) in [5.74, 6) is 0.195. The van der Waals surface area contributed by atoms with E-state index in [1.165, 1.54) is 16.7 Å². The molecule has 0 saturated heterocycles. The molecule has 8 nitrogen and oxygen atoms in total. The number of amides is 1. The zero-order valence-corrected chi connectivity index (χ0v) is 24.6. The molecule has 1 aliphatic rings. The van der Waals surface area contributed by atoms with Crippen molar-refractivity contribution in [3.63, 3.8) is 0 Å². The third kappa shape index (κ3) is 6.24. The molecule has 4 aromatic rings. The number of fused-ring (bicyclic) bond motifs is 2. The van der Waals surface area contributed by atoms with Crippen molar-refractivity contribution in [2.75, 3.05) is 27.2 Å². The average molecular weight is 554 g/mol. The highest BCUT2D eigenvalue weighted by molar-refractivity contribution is 5.97. The maximum atomic E-state index is 12.5. The molecule has 1 atom stereocenters. The quantitative estimate of drug-likeness (QED) is 0.299. The van der Waals surface area contributed by atoms with E-state index in [9.17, 15) is 14.7 Å². The molecule has 0 fully saturated rings. The molecule has 0 spiro atoms. The van der Waals surface area contributed by atoms with Crippen LogP contribution in [0.15, 0.2) is 42.7 Å². The van der Waals surface area contributed by atoms with Gasteiger partial charge in [0.2, 0.25) is 0 Å². The molecule has 41 heavy (non-hydrogen) atoms. The van der Waals surface area contributed by atoms with Gasteiger partial charge in [-0.2, -0.15) is 0 Å². The monoisotopic (exact) mass is 553 g/mol. The summed E-state index contributed by atoms with van der Waals surface area (Å²) >= 11 is 0. The third-order valence-corrected chi connectivity index (χ3v) is 8.04. The first-order valence-electron chi connectivity index (χ1n) is 14.3. The van der Waals surface area contributed by atoms with Gasteiger partial charge in [0.1, 0.15) is 11.3 Å². The minimum atomic E-state index is -0.435. The fourth-order valence-corrected chi connectivity index (χ4v) is 5.66. The highest BCUT2D eigenvalue weighted by Gasteiger charge is 2.21. The van der Waals surface area contributed by atoms with E-state index in [0.29, 0.717) is 24.8 Å². The number of aromatic nitrogens is 3. The van der Waals surface area contributed by atoms with Crippen molar-refractivity contribution >= 4 is 22.9 Å². The fraction of sp³-hybridized carbons (Fsp3) is 0.394. The van der Waals surface area contributed by atoms with Crippen LogP contribution in [-0.4, -0.2) is 74.8 Å². The average Bonchev–Trinajstić information content (AvgIpc) is 3.37. The minimum Gasteiger partial charge on any atom is -0.393 e. The summed E-state index contributed by atoms with van der Waals surface area (Å²) in [4.78, 5) is 41.7. The molecule has 3 heterocycles. The van der Waals surface area contributed by atoms with Crippen molar-refractivity contribution in [2.45, 2.75) is 59.1 Å². The molecule has 214 valence electrons. The first-order valence-corrected chi connectivity index (χ1v) is 14.3. The smallest absolute Gasteiger partial charge is 0.253 e. The highest BCUT2D eigenvalue weighted by atomic mass is 16.3. The maximum Gasteiger partial charge on any atom is 0.253 e. The largest absolute Gasteiger partial charge is 0.393 e. The molecule has 2 aromatic carbocycles. The molecule has 5 rings (SSSR count). The Labute approximate surface area is 241 Å². The number of hydrogen-bond donors (Lipinski definition) is 2. The normalized spacial score (nSPS) is 14.2. The van der Waals surface area contributed by atoms with E-state index in [4.69, 9.17) is 4.98 Å². The van der Waals surface area contributed by atoms with Crippen LogP contribution in [0.2, 0.25) is 0 Å². The van der Waals surface area contributed by atoms with Crippen LogP contribution in [0.25, 0.3) is 33.5 Å². The lowest BCUT2D eigenvalue weighted by molar-refractivity contribution is -0.120. The molecule has 0 unspecified atom stereocenters. The van der Waals surface area contributed by atoms with Gasteiger partial charge in [0.25, 0.3) is 5.91 Å². The van der Waals surface area contributed by atoms with Gasteiger partial charge in [0, 0.05) is 69.5 Å². The van der Waals surface area contributed by atoms with Crippen molar-refractivity contribution in [1.29, 1.82) is 0 Å². The Balaban J connectivity index is 1.39. The topological polar surface area (TPSA) is 102 Å². The Morgan fingerprint density at radius 2 is 1.88 bits per heavy atom. The molecule has 2 aromatic heterocycles. The number of aliphatic hydroxyl groups excluding tert-OH is 1. The lowest BCUT2D eigenvalue weighted by Gasteiger charge is -2.30. The van der Waals surface area contributed by atoms with Gasteiger partial charge < -0.3 is 15.0 Å². The number of nitrogens with one attached hydrogen (secondary N) is 1. The number of benzene rings is 2. The number of H-pyrrole nitrogens is 1. The van der Waals surface area contributed by atoms with Gasteiger partial charge in [-0.25, -0.2) is 9.97 Å². The Morgan fingerprint density at radius 1 is 1.10 bits per heavy atom. The van der Waals surface area contributed by atoms with Gasteiger partial charge in [-0.15, -0.1) is 0 Å². The van der Waals surface area contributed by atoms with Crippen LogP contribution in [-0.2, 0) is 17.8 Å². The summed E-state index contributed by atoms with van der Waals surface area (Å²) in [7, 11) is 3.52. The fourth-order valence-electron chi connectivity index (χ4n) is 5.66. The molecule has 1 amide bonds. The molecule has 0 saturated carbocycles. The molecule has 2 N–H and O–H groups in total. The SMILES string of the molecule is Cc1cc(-c2c[nH]c3ncc(-c4cc(C)c5c(c4)CN(CCC(=O)CC[C@@H](C)O)CC5)nc23)ccc1C(=O)N(C)C. The van der Waals surface area contributed by atoms with E-state index in [-0.39, 0.29) is 11.7 Å². The summed E-state index contributed by atoms with van der Waals surface area (Å²) < 4.78 is 0. The second-order valence-electron chi connectivity index (χ2n) is 11.5. The Hall–Kier alpha value is -3.88. The second kappa shape index (κ2) is 11.9. The van der Waals surface area contributed by atoms with Crippen molar-refractivity contribution in [2.24, 2.45) is 0 Å². The van der Waals surface area contributed by atoms with Crippen LogP contribution in [0, 0.1) is 13.8 Å². The number of aliphatic hydroxyl groups is 1. The van der Waals surface area contributed by atoms with Crippen molar-refractivity contribution in [3.05, 3.63) is 70.5 Å². The van der Waals surface area contributed by atoms with E-state index in [1.54, 1.807) is 25.9 Å². The van der Waals surface area contributed by atoms with Crippen LogP contribution in [0.4, 0.5) is 0 Å². The van der Waals surface area contributed by atoms with Crippen LogP contribution in [0.1, 0.15) is 58.8 Å². The van der Waals surface area contributed by atoms with Crippen molar-refractivity contribution in [1.82, 2.24) is 24.8 Å². The lowest BCUT2D eigenvalue weighted by atomic mass is 9.92. The molecule has 1 aliphatic heterocycles. The third-order valence-electron chi connectivity index (χ3n) is 8.04. The standard InChI is InChI=1S/C33H39N5O3/c1-20-15-24(16-25-19-38(13-11-27(20)25)12-10-26(40)8-6-22(3)39)30-18-35-32-31(36-30)29(17-34-32)23-7-9-28(21(2)14-23)33(41)37(4)5/h7,9,14-18,22,39H,6,8,10-13,19H2,1-5H3,(H,34,35)/t22-/m1/s1. The van der Waals surface area contributed by atoms with Crippen LogP contribution in [0.5, 0.6) is 0 Å². The van der Waals surface area contributed by atoms with Crippen LogP contribution >= 0.6 is 0 Å². The lowest BCUT2D eigenvalue weighted by Crippen LogP contribution is -2.32. The first-order chi connectivity index (χ1) is 19.6. The zero-order valence-electron chi connectivity index (χ0n) is 24.6. The maximum absolute atomic E-state index is 12.5. The number of nitrogens with zero attached hydrogens (tertiary/aromatic N) is 4. The van der Waals surface area contributed by atoms with Gasteiger partial charge in [-0.1, -0.05) is 12.1 Å². The molecule has 0 aliphatic carbocycles. The van der Waals surface area contributed by atoms with Gasteiger partial charge in [-0.05, 0) is 79.6 Å². The predicted octanol–water partition coefficient (Wildman–Crippen LogP) is 5.09. The van der Waals surface area contributed by atoms with Gasteiger partial charge >= 0.3 is 0 Å². The minimum absolute atomic E-state index is 0.0145. The Bertz CT molecular complexity index is 1600.